The molecular weight excluding hydrogens is 372 g/mol. The lowest BCUT2D eigenvalue weighted by molar-refractivity contribution is 0.363. The highest BCUT2D eigenvalue weighted by atomic mass is 32.2. The predicted molar refractivity (Wildman–Crippen MR) is 102 cm³/mol. The normalized spacial score (nSPS) is 13.7. The number of sulfonamides is 1. The smallest absolute Gasteiger partial charge is 0.241 e. The number of benzene rings is 2. The van der Waals surface area contributed by atoms with Crippen molar-refractivity contribution in [2.24, 2.45) is 0 Å². The Morgan fingerprint density at radius 2 is 1.42 bits per heavy atom. The average Bonchev–Trinajstić information content (AvgIpc) is 2.61. The second-order valence-corrected chi connectivity index (χ2v) is 10.2. The van der Waals surface area contributed by atoms with Crippen LogP contribution < -0.4 is 4.72 Å². The molecule has 0 saturated carbocycles. The number of nitrogens with zero attached hydrogens (tertiary/aromatic N) is 1. The van der Waals surface area contributed by atoms with E-state index in [1.165, 1.54) is 24.3 Å². The Labute approximate surface area is 155 Å². The van der Waals surface area contributed by atoms with E-state index in [2.05, 4.69) is 4.72 Å². The molecule has 0 spiro atoms. The Hall–Kier alpha value is -1.74. The minimum atomic E-state index is -3.79. The fourth-order valence-electron chi connectivity index (χ4n) is 2.51. The molecular formula is C18H24N2O4S2. The summed E-state index contributed by atoms with van der Waals surface area (Å²) in [7, 11) is -3.42. The minimum Gasteiger partial charge on any atom is -0.307 e. The van der Waals surface area contributed by atoms with Crippen LogP contribution in [-0.4, -0.2) is 48.1 Å². The number of likely N-dealkylation sites (N-methyl/N-ethyl adjacent to an activating group) is 1. The summed E-state index contributed by atoms with van der Waals surface area (Å²) in [5.41, 5.74) is 0.856. The van der Waals surface area contributed by atoms with Crippen LogP contribution in [0.2, 0.25) is 0 Å². The number of sulfone groups is 1. The molecule has 26 heavy (non-hydrogen) atoms. The maximum atomic E-state index is 12.7. The molecule has 0 aliphatic rings. The lowest BCUT2D eigenvalue weighted by Gasteiger charge is -2.22. The van der Waals surface area contributed by atoms with E-state index < -0.39 is 25.9 Å². The minimum absolute atomic E-state index is 0.0315. The zero-order chi connectivity index (χ0) is 19.4. The maximum absolute atomic E-state index is 12.7. The molecule has 142 valence electrons. The number of nitrogens with one attached hydrogen (secondary N) is 1. The molecule has 0 amide bonds. The average molecular weight is 397 g/mol. The van der Waals surface area contributed by atoms with Crippen molar-refractivity contribution in [2.45, 2.75) is 22.8 Å². The van der Waals surface area contributed by atoms with E-state index in [4.69, 9.17) is 0 Å². The first-order chi connectivity index (χ1) is 12.2. The van der Waals surface area contributed by atoms with Gasteiger partial charge in [0, 0.05) is 6.54 Å². The lowest BCUT2D eigenvalue weighted by atomic mass is 10.1. The highest BCUT2D eigenvalue weighted by molar-refractivity contribution is 7.91. The molecule has 0 aliphatic heterocycles. The van der Waals surface area contributed by atoms with Gasteiger partial charge in [-0.25, -0.2) is 21.6 Å². The fraction of sp³-hybridized carbons (Fsp3) is 0.333. The van der Waals surface area contributed by atoms with Gasteiger partial charge in [-0.15, -0.1) is 0 Å². The molecule has 8 heteroatoms. The summed E-state index contributed by atoms with van der Waals surface area (Å²) in [6.07, 6.45) is 0. The quantitative estimate of drug-likeness (QED) is 0.738. The van der Waals surface area contributed by atoms with Crippen LogP contribution in [-0.2, 0) is 19.9 Å². The van der Waals surface area contributed by atoms with Gasteiger partial charge in [0.2, 0.25) is 10.0 Å². The molecule has 1 atom stereocenters. The topological polar surface area (TPSA) is 83.5 Å². The van der Waals surface area contributed by atoms with Crippen molar-refractivity contribution in [3.05, 3.63) is 60.2 Å². The Bertz CT molecular complexity index is 923. The van der Waals surface area contributed by atoms with Gasteiger partial charge in [-0.3, -0.25) is 0 Å². The van der Waals surface area contributed by atoms with E-state index in [0.29, 0.717) is 6.54 Å². The SMILES string of the molecule is CCS(=O)(=O)c1ccc(S(=O)(=O)NC(CN(C)C)c2ccccc2)cc1. The predicted octanol–water partition coefficient (Wildman–Crippen LogP) is 2.06. The standard InChI is InChI=1S/C18H24N2O4S2/c1-4-25(21,22)16-10-12-17(13-11-16)26(23,24)19-18(14-20(2)3)15-8-6-5-7-9-15/h5-13,18-19H,4,14H2,1-3H3. The van der Waals surface area contributed by atoms with E-state index in [-0.39, 0.29) is 15.5 Å². The van der Waals surface area contributed by atoms with Gasteiger partial charge in [0.1, 0.15) is 0 Å². The van der Waals surface area contributed by atoms with Gasteiger partial charge in [-0.2, -0.15) is 0 Å². The Morgan fingerprint density at radius 3 is 1.92 bits per heavy atom. The van der Waals surface area contributed by atoms with Crippen LogP contribution in [0.3, 0.4) is 0 Å². The summed E-state index contributed by atoms with van der Waals surface area (Å²) in [6.45, 7) is 2.04. The van der Waals surface area contributed by atoms with Crippen LogP contribution in [0.15, 0.2) is 64.4 Å². The summed E-state index contributed by atoms with van der Waals surface area (Å²) in [6, 6.07) is 14.2. The van der Waals surface area contributed by atoms with Gasteiger partial charge in [0.15, 0.2) is 9.84 Å². The Balaban J connectivity index is 2.30. The van der Waals surface area contributed by atoms with E-state index in [1.54, 1.807) is 6.92 Å². The molecule has 2 rings (SSSR count). The van der Waals surface area contributed by atoms with Crippen LogP contribution in [0, 0.1) is 0 Å². The van der Waals surface area contributed by atoms with E-state index in [9.17, 15) is 16.8 Å². The molecule has 6 nitrogen and oxygen atoms in total. The Morgan fingerprint density at radius 1 is 0.885 bits per heavy atom. The van der Waals surface area contributed by atoms with Crippen molar-refractivity contribution in [1.82, 2.24) is 9.62 Å². The van der Waals surface area contributed by atoms with Crippen LogP contribution in [0.1, 0.15) is 18.5 Å². The zero-order valence-corrected chi connectivity index (χ0v) is 16.7. The summed E-state index contributed by atoms with van der Waals surface area (Å²) < 4.78 is 52.0. The number of hydrogen-bond donors (Lipinski definition) is 1. The molecule has 0 saturated heterocycles. The van der Waals surface area contributed by atoms with Crippen LogP contribution in [0.4, 0.5) is 0 Å². The van der Waals surface area contributed by atoms with E-state index in [0.717, 1.165) is 5.56 Å². The molecule has 0 bridgehead atoms. The van der Waals surface area contributed by atoms with Gasteiger partial charge in [0.25, 0.3) is 0 Å². The second-order valence-electron chi connectivity index (χ2n) is 6.22. The number of hydrogen-bond acceptors (Lipinski definition) is 5. The van der Waals surface area contributed by atoms with Gasteiger partial charge >= 0.3 is 0 Å². The van der Waals surface area contributed by atoms with E-state index in [1.807, 2.05) is 49.3 Å². The lowest BCUT2D eigenvalue weighted by Crippen LogP contribution is -2.35. The third-order valence-corrected chi connectivity index (χ3v) is 7.16. The monoisotopic (exact) mass is 396 g/mol. The third kappa shape index (κ3) is 5.14. The molecule has 0 radical (unpaired) electrons. The molecule has 1 N–H and O–H groups in total. The molecule has 2 aromatic rings. The third-order valence-electron chi connectivity index (χ3n) is 3.92. The van der Waals surface area contributed by atoms with Gasteiger partial charge in [-0.05, 0) is 43.9 Å². The van der Waals surface area contributed by atoms with Crippen LogP contribution in [0.5, 0.6) is 0 Å². The van der Waals surface area contributed by atoms with Gasteiger partial charge < -0.3 is 4.90 Å². The molecule has 0 aromatic heterocycles. The van der Waals surface area contributed by atoms with Crippen LogP contribution in [0.25, 0.3) is 0 Å². The van der Waals surface area contributed by atoms with Crippen LogP contribution >= 0.6 is 0 Å². The van der Waals surface area contributed by atoms with Crippen molar-refractivity contribution in [2.75, 3.05) is 26.4 Å². The summed E-state index contributed by atoms with van der Waals surface area (Å²) in [5.74, 6) is -0.0315. The van der Waals surface area contributed by atoms with Gasteiger partial charge in [-0.1, -0.05) is 37.3 Å². The largest absolute Gasteiger partial charge is 0.307 e. The second kappa shape index (κ2) is 8.30. The molecule has 0 fully saturated rings. The van der Waals surface area contributed by atoms with E-state index >= 15 is 0 Å². The van der Waals surface area contributed by atoms with Gasteiger partial charge in [0.05, 0.1) is 21.6 Å². The Kier molecular flexibility index (Phi) is 6.57. The molecule has 1 unspecified atom stereocenters. The summed E-state index contributed by atoms with van der Waals surface area (Å²) in [4.78, 5) is 2.05. The van der Waals surface area contributed by atoms with Crippen molar-refractivity contribution in [3.8, 4) is 0 Å². The zero-order valence-electron chi connectivity index (χ0n) is 15.1. The van der Waals surface area contributed by atoms with Crippen molar-refractivity contribution >= 4 is 19.9 Å². The maximum Gasteiger partial charge on any atom is 0.241 e. The molecule has 0 heterocycles. The first-order valence-electron chi connectivity index (χ1n) is 8.20. The highest BCUT2D eigenvalue weighted by Gasteiger charge is 2.22. The van der Waals surface area contributed by atoms with Crippen molar-refractivity contribution < 1.29 is 16.8 Å². The molecule has 2 aromatic carbocycles. The van der Waals surface area contributed by atoms with Crippen molar-refractivity contribution in [1.29, 1.82) is 0 Å². The van der Waals surface area contributed by atoms with Crippen molar-refractivity contribution in [3.63, 3.8) is 0 Å². The number of rotatable bonds is 8. The highest BCUT2D eigenvalue weighted by Crippen LogP contribution is 2.20. The summed E-state index contributed by atoms with van der Waals surface area (Å²) in [5, 5.41) is 0. The first-order valence-corrected chi connectivity index (χ1v) is 11.3. The summed E-state index contributed by atoms with van der Waals surface area (Å²) >= 11 is 0. The molecule has 0 aliphatic carbocycles. The fourth-order valence-corrected chi connectivity index (χ4v) is 4.61. The first kappa shape index (κ1) is 20.6.